The fraction of sp³-hybridized carbons (Fsp3) is 0.350. The SMILES string of the molecule is COc1ccc(C)c(S(=O)(=O)N2CCC[C@@H]2C(=O)Nc2cccc([N+](=O)[O-])c2C)c1. The van der Waals surface area contributed by atoms with Crippen molar-refractivity contribution in [3.63, 3.8) is 0 Å². The number of ether oxygens (including phenoxy) is 1. The van der Waals surface area contributed by atoms with Crippen LogP contribution in [-0.4, -0.2) is 43.2 Å². The number of hydrogen-bond donors (Lipinski definition) is 1. The molecule has 2 aromatic rings. The van der Waals surface area contributed by atoms with Crippen molar-refractivity contribution in [1.82, 2.24) is 4.31 Å². The topological polar surface area (TPSA) is 119 Å². The molecule has 0 aromatic heterocycles. The average molecular weight is 433 g/mol. The van der Waals surface area contributed by atoms with E-state index in [1.807, 2.05) is 0 Å². The van der Waals surface area contributed by atoms with E-state index in [9.17, 15) is 23.3 Å². The van der Waals surface area contributed by atoms with Gasteiger partial charge in [-0.2, -0.15) is 4.31 Å². The summed E-state index contributed by atoms with van der Waals surface area (Å²) in [5.41, 5.74) is 1.04. The summed E-state index contributed by atoms with van der Waals surface area (Å²) >= 11 is 0. The summed E-state index contributed by atoms with van der Waals surface area (Å²) in [6.07, 6.45) is 0.899. The molecule has 0 radical (unpaired) electrons. The number of methoxy groups -OCH3 is 1. The van der Waals surface area contributed by atoms with E-state index in [1.54, 1.807) is 25.1 Å². The van der Waals surface area contributed by atoms with Gasteiger partial charge >= 0.3 is 0 Å². The van der Waals surface area contributed by atoms with Crippen molar-refractivity contribution in [2.45, 2.75) is 37.6 Å². The molecular formula is C20H23N3O6S. The Labute approximate surface area is 174 Å². The number of nitrogens with zero attached hydrogens (tertiary/aromatic N) is 2. The summed E-state index contributed by atoms with van der Waals surface area (Å²) in [7, 11) is -2.48. The molecule has 1 aliphatic heterocycles. The van der Waals surface area contributed by atoms with Gasteiger partial charge in [0.25, 0.3) is 5.69 Å². The second-order valence-electron chi connectivity index (χ2n) is 7.10. The Morgan fingerprint density at radius 1 is 1.27 bits per heavy atom. The smallest absolute Gasteiger partial charge is 0.274 e. The molecule has 160 valence electrons. The van der Waals surface area contributed by atoms with Crippen LogP contribution in [0, 0.1) is 24.0 Å². The van der Waals surface area contributed by atoms with E-state index >= 15 is 0 Å². The van der Waals surface area contributed by atoms with E-state index in [4.69, 9.17) is 4.74 Å². The number of hydrogen-bond acceptors (Lipinski definition) is 6. The summed E-state index contributed by atoms with van der Waals surface area (Å²) in [6.45, 7) is 3.44. The van der Waals surface area contributed by atoms with Crippen molar-refractivity contribution in [2.75, 3.05) is 19.0 Å². The van der Waals surface area contributed by atoms with Gasteiger partial charge in [-0.3, -0.25) is 14.9 Å². The molecule has 0 unspecified atom stereocenters. The van der Waals surface area contributed by atoms with E-state index in [-0.39, 0.29) is 22.8 Å². The molecule has 1 saturated heterocycles. The van der Waals surface area contributed by atoms with Crippen molar-refractivity contribution in [1.29, 1.82) is 0 Å². The Hall–Kier alpha value is -2.98. The first-order chi connectivity index (χ1) is 14.2. The monoisotopic (exact) mass is 433 g/mol. The van der Waals surface area contributed by atoms with Gasteiger partial charge in [-0.25, -0.2) is 8.42 Å². The van der Waals surface area contributed by atoms with Crippen LogP contribution in [0.15, 0.2) is 41.3 Å². The minimum atomic E-state index is -3.94. The van der Waals surface area contributed by atoms with E-state index < -0.39 is 26.9 Å². The molecule has 1 heterocycles. The molecule has 1 fully saturated rings. The molecule has 0 saturated carbocycles. The van der Waals surface area contributed by atoms with Gasteiger partial charge in [-0.05, 0) is 44.4 Å². The van der Waals surface area contributed by atoms with Crippen LogP contribution in [0.2, 0.25) is 0 Å². The highest BCUT2D eigenvalue weighted by atomic mass is 32.2. The zero-order valence-corrected chi connectivity index (χ0v) is 17.7. The summed E-state index contributed by atoms with van der Waals surface area (Å²) in [4.78, 5) is 23.6. The van der Waals surface area contributed by atoms with Gasteiger partial charge in [0.15, 0.2) is 0 Å². The van der Waals surface area contributed by atoms with E-state index in [0.717, 1.165) is 0 Å². The largest absolute Gasteiger partial charge is 0.497 e. The zero-order valence-electron chi connectivity index (χ0n) is 16.9. The average Bonchev–Trinajstić information content (AvgIpc) is 3.20. The minimum Gasteiger partial charge on any atom is -0.497 e. The lowest BCUT2D eigenvalue weighted by Gasteiger charge is -2.24. The Kier molecular flexibility index (Phi) is 6.09. The first-order valence-corrected chi connectivity index (χ1v) is 10.8. The van der Waals surface area contributed by atoms with Crippen molar-refractivity contribution in [3.05, 3.63) is 57.6 Å². The van der Waals surface area contributed by atoms with Crippen molar-refractivity contribution < 1.29 is 22.9 Å². The first kappa shape index (κ1) is 21.7. The number of nitro benzene ring substituents is 1. The molecule has 9 nitrogen and oxygen atoms in total. The predicted octanol–water partition coefficient (Wildman–Crippen LogP) is 3.01. The molecule has 1 N–H and O–H groups in total. The van der Waals surface area contributed by atoms with Crippen LogP contribution in [0.3, 0.4) is 0 Å². The molecule has 3 rings (SSSR count). The number of aryl methyl sites for hydroxylation is 1. The van der Waals surface area contributed by atoms with Crippen LogP contribution in [-0.2, 0) is 14.8 Å². The minimum absolute atomic E-state index is 0.0908. The number of nitrogens with one attached hydrogen (secondary N) is 1. The number of sulfonamides is 1. The van der Waals surface area contributed by atoms with Gasteiger partial charge in [0.05, 0.1) is 28.2 Å². The Balaban J connectivity index is 1.90. The molecule has 0 spiro atoms. The second-order valence-corrected chi connectivity index (χ2v) is 8.96. The molecular weight excluding hydrogens is 410 g/mol. The van der Waals surface area contributed by atoms with Crippen molar-refractivity contribution in [3.8, 4) is 5.75 Å². The van der Waals surface area contributed by atoms with E-state index in [1.165, 1.54) is 36.5 Å². The lowest BCUT2D eigenvalue weighted by atomic mass is 10.1. The third-order valence-electron chi connectivity index (χ3n) is 5.25. The van der Waals surface area contributed by atoms with Crippen LogP contribution in [0.1, 0.15) is 24.0 Å². The normalized spacial score (nSPS) is 17.0. The third kappa shape index (κ3) is 4.01. The zero-order chi connectivity index (χ0) is 22.1. The molecule has 10 heteroatoms. The van der Waals surface area contributed by atoms with Crippen LogP contribution in [0.4, 0.5) is 11.4 Å². The lowest BCUT2D eigenvalue weighted by molar-refractivity contribution is -0.385. The fourth-order valence-electron chi connectivity index (χ4n) is 3.57. The number of carbonyl (C=O) groups excluding carboxylic acids is 1. The standard InChI is InChI=1S/C20H23N3O6S/c1-13-9-10-15(29-3)12-19(13)30(27,28)22-11-5-8-18(22)20(24)21-16-6-4-7-17(14(16)2)23(25)26/h4,6-7,9-10,12,18H,5,8,11H2,1-3H3,(H,21,24)/t18-/m1/s1. The number of benzene rings is 2. The third-order valence-corrected chi connectivity index (χ3v) is 7.30. The second kappa shape index (κ2) is 8.41. The number of carbonyl (C=O) groups is 1. The number of amides is 1. The maximum absolute atomic E-state index is 13.3. The molecule has 30 heavy (non-hydrogen) atoms. The van der Waals surface area contributed by atoms with Crippen LogP contribution in [0.5, 0.6) is 5.75 Å². The molecule has 1 aliphatic rings. The highest BCUT2D eigenvalue weighted by Crippen LogP contribution is 2.31. The van der Waals surface area contributed by atoms with Gasteiger partial charge in [-0.15, -0.1) is 0 Å². The Morgan fingerprint density at radius 3 is 2.67 bits per heavy atom. The first-order valence-electron chi connectivity index (χ1n) is 9.38. The van der Waals surface area contributed by atoms with Gasteiger partial charge in [0, 0.05) is 18.7 Å². The van der Waals surface area contributed by atoms with Crippen LogP contribution in [0.25, 0.3) is 0 Å². The van der Waals surface area contributed by atoms with Gasteiger partial charge < -0.3 is 10.1 Å². The highest BCUT2D eigenvalue weighted by molar-refractivity contribution is 7.89. The van der Waals surface area contributed by atoms with Gasteiger partial charge in [0.1, 0.15) is 11.8 Å². The van der Waals surface area contributed by atoms with Crippen LogP contribution >= 0.6 is 0 Å². The van der Waals surface area contributed by atoms with E-state index in [0.29, 0.717) is 29.7 Å². The van der Waals surface area contributed by atoms with Crippen molar-refractivity contribution >= 4 is 27.3 Å². The quantitative estimate of drug-likeness (QED) is 0.552. The van der Waals surface area contributed by atoms with Crippen molar-refractivity contribution in [2.24, 2.45) is 0 Å². The summed E-state index contributed by atoms with van der Waals surface area (Å²) in [6, 6.07) is 8.26. The lowest BCUT2D eigenvalue weighted by Crippen LogP contribution is -2.43. The van der Waals surface area contributed by atoms with Gasteiger partial charge in [0.2, 0.25) is 15.9 Å². The molecule has 0 aliphatic carbocycles. The molecule has 1 amide bonds. The maximum atomic E-state index is 13.3. The summed E-state index contributed by atoms with van der Waals surface area (Å²) < 4.78 is 32.9. The number of anilines is 1. The molecule has 1 atom stereocenters. The fourth-order valence-corrected chi connectivity index (χ4v) is 5.47. The predicted molar refractivity (Wildman–Crippen MR) is 111 cm³/mol. The van der Waals surface area contributed by atoms with Crippen LogP contribution < -0.4 is 10.1 Å². The maximum Gasteiger partial charge on any atom is 0.274 e. The summed E-state index contributed by atoms with van der Waals surface area (Å²) in [5, 5.41) is 13.8. The Morgan fingerprint density at radius 2 is 2.00 bits per heavy atom. The Bertz CT molecular complexity index is 1100. The van der Waals surface area contributed by atoms with Gasteiger partial charge in [-0.1, -0.05) is 12.1 Å². The summed E-state index contributed by atoms with van der Waals surface area (Å²) in [5.74, 6) is -0.105. The highest BCUT2D eigenvalue weighted by Gasteiger charge is 2.40. The van der Waals surface area contributed by atoms with E-state index in [2.05, 4.69) is 5.32 Å². The number of nitro groups is 1. The molecule has 2 aromatic carbocycles. The molecule has 0 bridgehead atoms. The number of rotatable bonds is 6.